The lowest BCUT2D eigenvalue weighted by Gasteiger charge is -2.32. The molecule has 0 amide bonds. The van der Waals surface area contributed by atoms with Gasteiger partial charge in [0.2, 0.25) is 0 Å². The maximum atomic E-state index is 4.38. The summed E-state index contributed by atoms with van der Waals surface area (Å²) in [5, 5.41) is 7.07. The van der Waals surface area contributed by atoms with Gasteiger partial charge in [-0.3, -0.25) is 4.99 Å². The first-order chi connectivity index (χ1) is 12.3. The van der Waals surface area contributed by atoms with E-state index in [1.807, 2.05) is 7.05 Å². The van der Waals surface area contributed by atoms with Crippen LogP contribution >= 0.6 is 0 Å². The maximum Gasteiger partial charge on any atom is 0.191 e. The van der Waals surface area contributed by atoms with Gasteiger partial charge in [-0.05, 0) is 50.6 Å². The quantitative estimate of drug-likeness (QED) is 0.409. The number of hydrogen-bond donors (Lipinski definition) is 2. The van der Waals surface area contributed by atoms with Crippen LogP contribution in [0.2, 0.25) is 0 Å². The highest BCUT2D eigenvalue weighted by Gasteiger charge is 2.19. The van der Waals surface area contributed by atoms with E-state index in [0.717, 1.165) is 12.5 Å². The molecule has 1 aliphatic rings. The Balaban J connectivity index is 1.53. The Kier molecular flexibility index (Phi) is 9.42. The number of guanidine groups is 1. The Hall–Kier alpha value is -1.55. The van der Waals surface area contributed by atoms with E-state index >= 15 is 0 Å². The van der Waals surface area contributed by atoms with Gasteiger partial charge in [0.05, 0.1) is 0 Å². The third-order valence-electron chi connectivity index (χ3n) is 4.97. The van der Waals surface area contributed by atoms with Crippen LogP contribution in [0.15, 0.2) is 35.3 Å². The van der Waals surface area contributed by atoms with Crippen molar-refractivity contribution >= 4 is 5.96 Å². The van der Waals surface area contributed by atoms with E-state index in [0.29, 0.717) is 6.04 Å². The maximum absolute atomic E-state index is 4.38. The Bertz CT molecular complexity index is 478. The highest BCUT2D eigenvalue weighted by Crippen LogP contribution is 2.10. The first-order valence-electron chi connectivity index (χ1n) is 10.0. The number of hydrogen-bond acceptors (Lipinski definition) is 2. The SMILES string of the molecule is CCCN1CCC(NC(=NC)NCCCCCc2ccccc2)CC1. The first kappa shape index (κ1) is 19.8. The fraction of sp³-hybridized carbons (Fsp3) is 0.667. The number of aryl methyl sites for hydroxylation is 1. The first-order valence-corrected chi connectivity index (χ1v) is 10.0. The van der Waals surface area contributed by atoms with Gasteiger partial charge in [-0.1, -0.05) is 43.7 Å². The summed E-state index contributed by atoms with van der Waals surface area (Å²) >= 11 is 0. The van der Waals surface area contributed by atoms with Crippen molar-refractivity contribution in [1.82, 2.24) is 15.5 Å². The molecule has 1 aromatic rings. The molecule has 1 aliphatic heterocycles. The molecule has 1 fully saturated rings. The largest absolute Gasteiger partial charge is 0.356 e. The minimum Gasteiger partial charge on any atom is -0.356 e. The number of nitrogens with one attached hydrogen (secondary N) is 2. The number of likely N-dealkylation sites (tertiary alicyclic amines) is 1. The molecule has 2 N–H and O–H groups in total. The van der Waals surface area contributed by atoms with Crippen molar-refractivity contribution in [2.45, 2.75) is 57.9 Å². The Labute approximate surface area is 154 Å². The van der Waals surface area contributed by atoms with E-state index in [9.17, 15) is 0 Å². The van der Waals surface area contributed by atoms with Crippen LogP contribution in [0.1, 0.15) is 51.0 Å². The van der Waals surface area contributed by atoms with Crippen molar-refractivity contribution < 1.29 is 0 Å². The molecule has 4 nitrogen and oxygen atoms in total. The van der Waals surface area contributed by atoms with Crippen LogP contribution in [0.25, 0.3) is 0 Å². The van der Waals surface area contributed by atoms with Crippen LogP contribution in [0.4, 0.5) is 0 Å². The summed E-state index contributed by atoms with van der Waals surface area (Å²) in [7, 11) is 1.87. The summed E-state index contributed by atoms with van der Waals surface area (Å²) in [6.45, 7) is 6.92. The second-order valence-electron chi connectivity index (χ2n) is 7.06. The molecule has 0 bridgehead atoms. The van der Waals surface area contributed by atoms with Crippen LogP contribution in [-0.4, -0.2) is 50.1 Å². The number of piperidine rings is 1. The molecule has 0 aromatic heterocycles. The highest BCUT2D eigenvalue weighted by atomic mass is 15.2. The van der Waals surface area contributed by atoms with Gasteiger partial charge < -0.3 is 15.5 Å². The molecule has 0 unspecified atom stereocenters. The molecule has 4 heteroatoms. The molecule has 0 saturated carbocycles. The van der Waals surface area contributed by atoms with Crippen molar-refractivity contribution in [2.75, 3.05) is 33.2 Å². The Morgan fingerprint density at radius 1 is 1.12 bits per heavy atom. The predicted octanol–water partition coefficient (Wildman–Crippen LogP) is 3.44. The Morgan fingerprint density at radius 3 is 2.56 bits per heavy atom. The van der Waals surface area contributed by atoms with Crippen molar-refractivity contribution in [2.24, 2.45) is 4.99 Å². The van der Waals surface area contributed by atoms with Crippen molar-refractivity contribution in [3.63, 3.8) is 0 Å². The van der Waals surface area contributed by atoms with Crippen LogP contribution in [0.3, 0.4) is 0 Å². The Morgan fingerprint density at radius 2 is 1.88 bits per heavy atom. The minimum absolute atomic E-state index is 0.567. The molecule has 0 radical (unpaired) electrons. The summed E-state index contributed by atoms with van der Waals surface area (Å²) < 4.78 is 0. The number of unbranched alkanes of at least 4 members (excludes halogenated alkanes) is 2. The number of aliphatic imine (C=N–C) groups is 1. The normalized spacial score (nSPS) is 16.8. The summed E-state index contributed by atoms with van der Waals surface area (Å²) in [5.41, 5.74) is 1.45. The standard InChI is InChI=1S/C21H36N4/c1-3-16-25-17-13-20(14-18-25)24-21(22-2)23-15-9-5-8-12-19-10-6-4-7-11-19/h4,6-7,10-11,20H,3,5,8-9,12-18H2,1-2H3,(H2,22,23,24). The van der Waals surface area contributed by atoms with Crippen molar-refractivity contribution in [3.05, 3.63) is 35.9 Å². The molecule has 1 aromatic carbocycles. The summed E-state index contributed by atoms with van der Waals surface area (Å²) in [6.07, 6.45) is 8.59. The van der Waals surface area contributed by atoms with Gasteiger partial charge in [0.15, 0.2) is 5.96 Å². The molecule has 0 atom stereocenters. The summed E-state index contributed by atoms with van der Waals surface area (Å²) in [5.74, 6) is 0.969. The van der Waals surface area contributed by atoms with E-state index in [-0.39, 0.29) is 0 Å². The second kappa shape index (κ2) is 11.9. The van der Waals surface area contributed by atoms with Crippen LogP contribution in [-0.2, 0) is 6.42 Å². The fourth-order valence-corrected chi connectivity index (χ4v) is 3.49. The lowest BCUT2D eigenvalue weighted by Crippen LogP contribution is -2.48. The minimum atomic E-state index is 0.567. The number of benzene rings is 1. The van der Waals surface area contributed by atoms with E-state index < -0.39 is 0 Å². The van der Waals surface area contributed by atoms with Crippen molar-refractivity contribution in [1.29, 1.82) is 0 Å². The third kappa shape index (κ3) is 7.91. The lowest BCUT2D eigenvalue weighted by molar-refractivity contribution is 0.206. The van der Waals surface area contributed by atoms with Crippen LogP contribution in [0, 0.1) is 0 Å². The average Bonchev–Trinajstić information content (AvgIpc) is 2.66. The molecule has 2 rings (SSSR count). The third-order valence-corrected chi connectivity index (χ3v) is 4.97. The van der Waals surface area contributed by atoms with Gasteiger partial charge in [-0.2, -0.15) is 0 Å². The highest BCUT2D eigenvalue weighted by molar-refractivity contribution is 5.79. The average molecular weight is 345 g/mol. The fourth-order valence-electron chi connectivity index (χ4n) is 3.49. The molecule has 1 heterocycles. The van der Waals surface area contributed by atoms with Gasteiger partial charge in [-0.25, -0.2) is 0 Å². The topological polar surface area (TPSA) is 39.7 Å². The monoisotopic (exact) mass is 344 g/mol. The second-order valence-corrected chi connectivity index (χ2v) is 7.06. The van der Waals surface area contributed by atoms with E-state index in [4.69, 9.17) is 0 Å². The van der Waals surface area contributed by atoms with E-state index in [2.05, 4.69) is 57.8 Å². The lowest BCUT2D eigenvalue weighted by atomic mass is 10.1. The van der Waals surface area contributed by atoms with Crippen molar-refractivity contribution in [3.8, 4) is 0 Å². The van der Waals surface area contributed by atoms with Gasteiger partial charge in [0.1, 0.15) is 0 Å². The molecular weight excluding hydrogens is 308 g/mol. The van der Waals surface area contributed by atoms with Gasteiger partial charge in [0, 0.05) is 32.7 Å². The molecule has 1 saturated heterocycles. The summed E-state index contributed by atoms with van der Waals surface area (Å²) in [4.78, 5) is 6.95. The zero-order valence-electron chi connectivity index (χ0n) is 16.1. The zero-order valence-corrected chi connectivity index (χ0v) is 16.1. The summed E-state index contributed by atoms with van der Waals surface area (Å²) in [6, 6.07) is 11.3. The zero-order chi connectivity index (χ0) is 17.7. The molecule has 25 heavy (non-hydrogen) atoms. The van der Waals surface area contributed by atoms with Gasteiger partial charge in [-0.15, -0.1) is 0 Å². The van der Waals surface area contributed by atoms with Crippen LogP contribution in [0.5, 0.6) is 0 Å². The molecule has 0 aliphatic carbocycles. The molecule has 0 spiro atoms. The number of nitrogens with zero attached hydrogens (tertiary/aromatic N) is 2. The van der Waals surface area contributed by atoms with E-state index in [1.165, 1.54) is 70.1 Å². The van der Waals surface area contributed by atoms with Crippen LogP contribution < -0.4 is 10.6 Å². The van der Waals surface area contributed by atoms with E-state index in [1.54, 1.807) is 0 Å². The van der Waals surface area contributed by atoms with Gasteiger partial charge in [0.25, 0.3) is 0 Å². The molecule has 140 valence electrons. The molecular formula is C21H36N4. The van der Waals surface area contributed by atoms with Gasteiger partial charge >= 0.3 is 0 Å². The smallest absolute Gasteiger partial charge is 0.191 e. The predicted molar refractivity (Wildman–Crippen MR) is 108 cm³/mol. The number of rotatable bonds is 9.